The predicted molar refractivity (Wildman–Crippen MR) is 78.3 cm³/mol. The summed E-state index contributed by atoms with van der Waals surface area (Å²) in [6.45, 7) is 5.58. The van der Waals surface area contributed by atoms with Crippen LogP contribution in [0.25, 0.3) is 0 Å². The van der Waals surface area contributed by atoms with Gasteiger partial charge in [0.25, 0.3) is 0 Å². The number of thiophene rings is 1. The molecule has 19 heavy (non-hydrogen) atoms. The molecule has 0 aliphatic carbocycles. The standard InChI is InChI=1S/C13H16N2O2S2/c1-8-4-6-18-10(8)7-14-5-3-11-15-12(13(16)17)9(2)19-11/h4,6,14H,3,5,7H2,1-2H3,(H,16,17). The molecule has 2 N–H and O–H groups in total. The molecule has 0 fully saturated rings. The molecule has 0 aliphatic rings. The van der Waals surface area contributed by atoms with Crippen LogP contribution < -0.4 is 5.32 Å². The summed E-state index contributed by atoms with van der Waals surface area (Å²) in [5.74, 6) is -0.942. The van der Waals surface area contributed by atoms with Gasteiger partial charge in [0, 0.05) is 29.3 Å². The van der Waals surface area contributed by atoms with E-state index in [4.69, 9.17) is 5.11 Å². The van der Waals surface area contributed by atoms with Gasteiger partial charge in [-0.15, -0.1) is 22.7 Å². The maximum atomic E-state index is 10.9. The van der Waals surface area contributed by atoms with E-state index in [1.54, 1.807) is 18.3 Å². The van der Waals surface area contributed by atoms with E-state index >= 15 is 0 Å². The quantitative estimate of drug-likeness (QED) is 0.805. The number of carboxylic acid groups (broad SMARTS) is 1. The van der Waals surface area contributed by atoms with E-state index in [0.717, 1.165) is 29.4 Å². The molecule has 2 heterocycles. The summed E-state index contributed by atoms with van der Waals surface area (Å²) >= 11 is 3.22. The molecule has 0 unspecified atom stereocenters. The molecule has 2 aromatic rings. The molecule has 102 valence electrons. The van der Waals surface area contributed by atoms with Crippen molar-refractivity contribution in [2.75, 3.05) is 6.54 Å². The first kappa shape index (κ1) is 14.2. The van der Waals surface area contributed by atoms with E-state index in [0.29, 0.717) is 0 Å². The number of carbonyl (C=O) groups is 1. The minimum absolute atomic E-state index is 0.189. The lowest BCUT2D eigenvalue weighted by Crippen LogP contribution is -2.16. The molecule has 0 saturated heterocycles. The van der Waals surface area contributed by atoms with Gasteiger partial charge in [0.05, 0.1) is 5.01 Å². The molecular weight excluding hydrogens is 280 g/mol. The number of rotatable bonds is 6. The number of nitrogens with one attached hydrogen (secondary N) is 1. The zero-order chi connectivity index (χ0) is 13.8. The molecule has 2 aromatic heterocycles. The third kappa shape index (κ3) is 3.62. The highest BCUT2D eigenvalue weighted by Gasteiger charge is 2.13. The average Bonchev–Trinajstić information content (AvgIpc) is 2.91. The van der Waals surface area contributed by atoms with Gasteiger partial charge >= 0.3 is 5.97 Å². The maximum absolute atomic E-state index is 10.9. The summed E-state index contributed by atoms with van der Waals surface area (Å²) in [6, 6.07) is 2.12. The van der Waals surface area contributed by atoms with Crippen molar-refractivity contribution >= 4 is 28.6 Å². The van der Waals surface area contributed by atoms with Crippen LogP contribution in [0.4, 0.5) is 0 Å². The predicted octanol–water partition coefficient (Wildman–Crippen LogP) is 2.85. The van der Waals surface area contributed by atoms with Crippen LogP contribution in [0.15, 0.2) is 11.4 Å². The van der Waals surface area contributed by atoms with E-state index in [9.17, 15) is 4.79 Å². The first-order chi connectivity index (χ1) is 9.08. The second-order valence-electron chi connectivity index (χ2n) is 4.27. The Hall–Kier alpha value is -1.24. The Balaban J connectivity index is 1.81. The molecule has 6 heteroatoms. The Labute approximate surface area is 120 Å². The Bertz CT molecular complexity index is 575. The monoisotopic (exact) mass is 296 g/mol. The van der Waals surface area contributed by atoms with Gasteiger partial charge in [-0.3, -0.25) is 0 Å². The second-order valence-corrected chi connectivity index (χ2v) is 6.56. The van der Waals surface area contributed by atoms with Crippen molar-refractivity contribution in [3.63, 3.8) is 0 Å². The van der Waals surface area contributed by atoms with Crippen LogP contribution in [0.1, 0.15) is 30.8 Å². The molecule has 0 aromatic carbocycles. The summed E-state index contributed by atoms with van der Waals surface area (Å²) in [6.07, 6.45) is 0.767. The van der Waals surface area contributed by atoms with Gasteiger partial charge in [-0.1, -0.05) is 0 Å². The molecule has 0 bridgehead atoms. The summed E-state index contributed by atoms with van der Waals surface area (Å²) in [5, 5.41) is 15.3. The highest BCUT2D eigenvalue weighted by molar-refractivity contribution is 7.11. The third-order valence-electron chi connectivity index (χ3n) is 2.81. The number of hydrogen-bond donors (Lipinski definition) is 2. The number of aromatic nitrogens is 1. The van der Waals surface area contributed by atoms with Gasteiger partial charge in [0.2, 0.25) is 0 Å². The smallest absolute Gasteiger partial charge is 0.355 e. The van der Waals surface area contributed by atoms with Crippen LogP contribution in [0.3, 0.4) is 0 Å². The van der Waals surface area contributed by atoms with E-state index in [-0.39, 0.29) is 5.69 Å². The lowest BCUT2D eigenvalue weighted by Gasteiger charge is -2.02. The average molecular weight is 296 g/mol. The molecule has 0 amide bonds. The van der Waals surface area contributed by atoms with Crippen molar-refractivity contribution in [2.24, 2.45) is 0 Å². The largest absolute Gasteiger partial charge is 0.476 e. The van der Waals surface area contributed by atoms with E-state index < -0.39 is 5.97 Å². The van der Waals surface area contributed by atoms with Crippen molar-refractivity contribution in [3.05, 3.63) is 37.5 Å². The number of hydrogen-bond acceptors (Lipinski definition) is 5. The highest BCUT2D eigenvalue weighted by Crippen LogP contribution is 2.18. The van der Waals surface area contributed by atoms with Crippen LogP contribution >= 0.6 is 22.7 Å². The van der Waals surface area contributed by atoms with Gasteiger partial charge in [-0.2, -0.15) is 0 Å². The number of aryl methyl sites for hydroxylation is 2. The van der Waals surface area contributed by atoms with Gasteiger partial charge < -0.3 is 10.4 Å². The maximum Gasteiger partial charge on any atom is 0.355 e. The van der Waals surface area contributed by atoms with Crippen molar-refractivity contribution < 1.29 is 9.90 Å². The van der Waals surface area contributed by atoms with Crippen molar-refractivity contribution in [3.8, 4) is 0 Å². The van der Waals surface area contributed by atoms with E-state index in [1.165, 1.54) is 21.8 Å². The minimum Gasteiger partial charge on any atom is -0.476 e. The van der Waals surface area contributed by atoms with Gasteiger partial charge in [0.15, 0.2) is 5.69 Å². The zero-order valence-electron chi connectivity index (χ0n) is 10.9. The van der Waals surface area contributed by atoms with Crippen molar-refractivity contribution in [1.29, 1.82) is 0 Å². The van der Waals surface area contributed by atoms with Crippen LogP contribution in [-0.2, 0) is 13.0 Å². The van der Waals surface area contributed by atoms with Gasteiger partial charge in [0.1, 0.15) is 0 Å². The molecule has 0 atom stereocenters. The Kier molecular flexibility index (Phi) is 4.68. The molecule has 0 spiro atoms. The first-order valence-corrected chi connectivity index (χ1v) is 7.71. The number of thiazole rings is 1. The van der Waals surface area contributed by atoms with E-state index in [1.807, 2.05) is 0 Å². The molecule has 0 aliphatic heterocycles. The fourth-order valence-electron chi connectivity index (χ4n) is 1.74. The SMILES string of the molecule is Cc1ccsc1CNCCc1nc(C(=O)O)c(C)s1. The third-order valence-corrected chi connectivity index (χ3v) is 4.87. The topological polar surface area (TPSA) is 62.2 Å². The molecule has 0 radical (unpaired) electrons. The van der Waals surface area contributed by atoms with Crippen molar-refractivity contribution in [2.45, 2.75) is 26.8 Å². The number of aromatic carboxylic acids is 1. The Morgan fingerprint density at radius 1 is 1.47 bits per heavy atom. The Morgan fingerprint density at radius 2 is 2.26 bits per heavy atom. The fraction of sp³-hybridized carbons (Fsp3) is 0.385. The van der Waals surface area contributed by atoms with E-state index in [2.05, 4.69) is 28.7 Å². The van der Waals surface area contributed by atoms with Crippen LogP contribution in [0, 0.1) is 13.8 Å². The molecule has 2 rings (SSSR count). The van der Waals surface area contributed by atoms with Crippen LogP contribution in [0.5, 0.6) is 0 Å². The van der Waals surface area contributed by atoms with Gasteiger partial charge in [-0.25, -0.2) is 9.78 Å². The lowest BCUT2D eigenvalue weighted by atomic mass is 10.3. The summed E-state index contributed by atoms with van der Waals surface area (Å²) in [5.41, 5.74) is 1.50. The van der Waals surface area contributed by atoms with Gasteiger partial charge in [-0.05, 0) is 30.9 Å². The fourth-order valence-corrected chi connectivity index (χ4v) is 3.54. The molecule has 4 nitrogen and oxygen atoms in total. The summed E-state index contributed by atoms with van der Waals surface area (Å²) in [4.78, 5) is 17.2. The Morgan fingerprint density at radius 3 is 2.84 bits per heavy atom. The molecular formula is C13H16N2O2S2. The zero-order valence-corrected chi connectivity index (χ0v) is 12.5. The first-order valence-electron chi connectivity index (χ1n) is 6.01. The highest BCUT2D eigenvalue weighted by atomic mass is 32.1. The van der Waals surface area contributed by atoms with Crippen LogP contribution in [0.2, 0.25) is 0 Å². The van der Waals surface area contributed by atoms with Crippen LogP contribution in [-0.4, -0.2) is 22.6 Å². The normalized spacial score (nSPS) is 10.8. The number of carboxylic acids is 1. The van der Waals surface area contributed by atoms with Crippen molar-refractivity contribution in [1.82, 2.24) is 10.3 Å². The summed E-state index contributed by atoms with van der Waals surface area (Å²) < 4.78 is 0. The number of nitrogens with zero attached hydrogens (tertiary/aromatic N) is 1. The second kappa shape index (κ2) is 6.27. The minimum atomic E-state index is -0.942. The lowest BCUT2D eigenvalue weighted by molar-refractivity contribution is 0.0690. The molecule has 0 saturated carbocycles. The summed E-state index contributed by atoms with van der Waals surface area (Å²) in [7, 11) is 0.